The summed E-state index contributed by atoms with van der Waals surface area (Å²) in [6.45, 7) is 10.3. The molecule has 0 aromatic carbocycles. The monoisotopic (exact) mass is 536 g/mol. The summed E-state index contributed by atoms with van der Waals surface area (Å²) in [5, 5.41) is 10.7. The quantitative estimate of drug-likeness (QED) is 0.184. The number of aliphatic hydroxyl groups is 1. The lowest BCUT2D eigenvalue weighted by Crippen LogP contribution is -2.50. The number of allylic oxidation sites excluding steroid dienone is 2. The van der Waals surface area contributed by atoms with E-state index in [1.54, 1.807) is 0 Å². The highest BCUT2D eigenvalue weighted by Gasteiger charge is 2.58. The molecule has 0 amide bonds. The van der Waals surface area contributed by atoms with Gasteiger partial charge in [-0.15, -0.1) is 0 Å². The Bertz CT molecular complexity index is 890. The Labute approximate surface area is 226 Å². The first-order valence-electron chi connectivity index (χ1n) is 13.5. The molecule has 0 radical (unpaired) electrons. The van der Waals surface area contributed by atoms with Gasteiger partial charge in [0.05, 0.1) is 51.2 Å². The second-order valence-corrected chi connectivity index (χ2v) is 10.8. The molecule has 9 heteroatoms. The summed E-state index contributed by atoms with van der Waals surface area (Å²) in [6.07, 6.45) is 9.96. The zero-order valence-corrected chi connectivity index (χ0v) is 23.5. The van der Waals surface area contributed by atoms with Crippen LogP contribution in [0.25, 0.3) is 0 Å². The molecular weight excluding hydrogens is 492 g/mol. The number of rotatable bonds is 11. The standard InChI is InChI=1S/C29H44O9/c1-18(10-12-25-28(32)29(17-35-29)16-23(38-25)15-27(31)33-6)9-11-24-19(2)14-26(21(4)37-24)34-13-7-8-20(3)36-22(5)30/h7-10,12,19-21,23-26,28,32H,11,13-17H2,1-6H3/b8-7-,12-10+,18-9+/t19-,20-,21+,23+,24-,25+,26+,28+,29+/m0/s1. The van der Waals surface area contributed by atoms with Crippen molar-refractivity contribution in [2.24, 2.45) is 5.92 Å². The van der Waals surface area contributed by atoms with Crippen LogP contribution in [0.15, 0.2) is 36.0 Å². The Morgan fingerprint density at radius 2 is 1.95 bits per heavy atom. The van der Waals surface area contributed by atoms with Crippen LogP contribution in [0.3, 0.4) is 0 Å². The van der Waals surface area contributed by atoms with Crippen LogP contribution in [0.1, 0.15) is 60.3 Å². The highest BCUT2D eigenvalue weighted by Crippen LogP contribution is 2.43. The van der Waals surface area contributed by atoms with Crippen molar-refractivity contribution in [3.05, 3.63) is 36.0 Å². The highest BCUT2D eigenvalue weighted by atomic mass is 16.6. The molecule has 9 atom stereocenters. The lowest BCUT2D eigenvalue weighted by Gasteiger charge is -2.38. The van der Waals surface area contributed by atoms with Gasteiger partial charge in [-0.2, -0.15) is 0 Å². The molecule has 38 heavy (non-hydrogen) atoms. The minimum Gasteiger partial charge on any atom is -0.469 e. The average Bonchev–Trinajstić information content (AvgIpc) is 3.63. The van der Waals surface area contributed by atoms with Crippen molar-refractivity contribution in [1.29, 1.82) is 0 Å². The number of carbonyl (C=O) groups excluding carboxylic acids is 2. The molecule has 0 aliphatic carbocycles. The summed E-state index contributed by atoms with van der Waals surface area (Å²) in [6, 6.07) is 0. The molecule has 0 unspecified atom stereocenters. The third-order valence-electron chi connectivity index (χ3n) is 7.45. The molecule has 3 rings (SSSR count). The van der Waals surface area contributed by atoms with Crippen LogP contribution >= 0.6 is 0 Å². The zero-order chi connectivity index (χ0) is 27.9. The molecule has 3 fully saturated rings. The van der Waals surface area contributed by atoms with Gasteiger partial charge in [-0.25, -0.2) is 0 Å². The van der Waals surface area contributed by atoms with Crippen molar-refractivity contribution in [3.8, 4) is 0 Å². The van der Waals surface area contributed by atoms with Crippen molar-refractivity contribution in [1.82, 2.24) is 0 Å². The van der Waals surface area contributed by atoms with E-state index >= 15 is 0 Å². The molecule has 1 spiro atoms. The lowest BCUT2D eigenvalue weighted by atomic mass is 9.87. The van der Waals surface area contributed by atoms with Gasteiger partial charge in [0.2, 0.25) is 0 Å². The lowest BCUT2D eigenvalue weighted by molar-refractivity contribution is -0.157. The second-order valence-electron chi connectivity index (χ2n) is 10.8. The third kappa shape index (κ3) is 8.74. The molecule has 0 bridgehead atoms. The molecule has 0 aromatic rings. The van der Waals surface area contributed by atoms with E-state index in [0.717, 1.165) is 18.4 Å². The maximum absolute atomic E-state index is 11.7. The van der Waals surface area contributed by atoms with Gasteiger partial charge in [-0.1, -0.05) is 36.8 Å². The van der Waals surface area contributed by atoms with Crippen LogP contribution in [0, 0.1) is 5.92 Å². The minimum atomic E-state index is -0.778. The SMILES string of the molecule is COC(=O)C[C@@H]1C[C@@]2(CO2)[C@H](O)[C@@H](/C=C/C(C)=C/C[C@@H]2O[C@H](C)[C@H](OC/C=C\[C@H](C)OC(C)=O)C[C@@H]2C)O1. The summed E-state index contributed by atoms with van der Waals surface area (Å²) in [5.41, 5.74) is 0.413. The van der Waals surface area contributed by atoms with Crippen LogP contribution in [0.2, 0.25) is 0 Å². The Hall–Kier alpha value is -2.04. The number of epoxide rings is 1. The van der Waals surface area contributed by atoms with E-state index in [-0.39, 0.29) is 48.9 Å². The number of esters is 2. The van der Waals surface area contributed by atoms with Crippen molar-refractivity contribution in [2.45, 2.75) is 109 Å². The second kappa shape index (κ2) is 13.8. The summed E-state index contributed by atoms with van der Waals surface area (Å²) in [5.74, 6) is -0.320. The first kappa shape index (κ1) is 30.5. The molecule has 0 saturated carbocycles. The van der Waals surface area contributed by atoms with Crippen molar-refractivity contribution < 1.29 is 43.1 Å². The number of carbonyl (C=O) groups is 2. The van der Waals surface area contributed by atoms with E-state index in [4.69, 9.17) is 28.4 Å². The molecule has 3 aliphatic rings. The average molecular weight is 537 g/mol. The topological polar surface area (TPSA) is 113 Å². The van der Waals surface area contributed by atoms with Gasteiger partial charge in [0.15, 0.2) is 0 Å². The van der Waals surface area contributed by atoms with Gasteiger partial charge in [-0.3, -0.25) is 9.59 Å². The van der Waals surface area contributed by atoms with Crippen LogP contribution in [0.5, 0.6) is 0 Å². The van der Waals surface area contributed by atoms with Crippen LogP contribution in [0.4, 0.5) is 0 Å². The summed E-state index contributed by atoms with van der Waals surface area (Å²) < 4.78 is 33.7. The number of ether oxygens (including phenoxy) is 6. The Morgan fingerprint density at radius 1 is 1.21 bits per heavy atom. The van der Waals surface area contributed by atoms with E-state index in [0.29, 0.717) is 25.6 Å². The number of aliphatic hydroxyl groups excluding tert-OH is 1. The first-order valence-corrected chi connectivity index (χ1v) is 13.5. The minimum absolute atomic E-state index is 0.000240. The largest absolute Gasteiger partial charge is 0.469 e. The van der Waals surface area contributed by atoms with Crippen molar-refractivity contribution in [3.63, 3.8) is 0 Å². The van der Waals surface area contributed by atoms with Gasteiger partial charge >= 0.3 is 11.9 Å². The van der Waals surface area contributed by atoms with E-state index < -0.39 is 17.8 Å². The highest BCUT2D eigenvalue weighted by molar-refractivity contribution is 5.69. The predicted octanol–water partition coefficient (Wildman–Crippen LogP) is 3.44. The van der Waals surface area contributed by atoms with Gasteiger partial charge < -0.3 is 33.5 Å². The maximum Gasteiger partial charge on any atom is 0.308 e. The summed E-state index contributed by atoms with van der Waals surface area (Å²) >= 11 is 0. The van der Waals surface area contributed by atoms with E-state index in [2.05, 4.69) is 13.0 Å². The molecular formula is C29H44O9. The van der Waals surface area contributed by atoms with Gasteiger partial charge in [0.25, 0.3) is 0 Å². The van der Waals surface area contributed by atoms with Crippen LogP contribution in [-0.4, -0.2) is 85.7 Å². The molecule has 3 aliphatic heterocycles. The van der Waals surface area contributed by atoms with Crippen LogP contribution in [-0.2, 0) is 38.0 Å². The Morgan fingerprint density at radius 3 is 2.61 bits per heavy atom. The van der Waals surface area contributed by atoms with Gasteiger partial charge in [0, 0.05) is 13.3 Å². The zero-order valence-electron chi connectivity index (χ0n) is 23.5. The normalized spacial score (nSPS) is 36.5. The maximum atomic E-state index is 11.7. The third-order valence-corrected chi connectivity index (χ3v) is 7.45. The molecule has 3 saturated heterocycles. The van der Waals surface area contributed by atoms with E-state index in [1.165, 1.54) is 14.0 Å². The fourth-order valence-electron chi connectivity index (χ4n) is 5.11. The van der Waals surface area contributed by atoms with Crippen LogP contribution < -0.4 is 0 Å². The number of hydrogen-bond acceptors (Lipinski definition) is 9. The van der Waals surface area contributed by atoms with Crippen molar-refractivity contribution >= 4 is 11.9 Å². The fraction of sp³-hybridized carbons (Fsp3) is 0.724. The number of methoxy groups -OCH3 is 1. The summed E-state index contributed by atoms with van der Waals surface area (Å²) in [7, 11) is 1.35. The smallest absolute Gasteiger partial charge is 0.308 e. The van der Waals surface area contributed by atoms with Crippen molar-refractivity contribution in [2.75, 3.05) is 20.3 Å². The molecule has 3 heterocycles. The Balaban J connectivity index is 1.47. The fourth-order valence-corrected chi connectivity index (χ4v) is 5.11. The van der Waals surface area contributed by atoms with Gasteiger partial charge in [0.1, 0.15) is 23.9 Å². The molecule has 214 valence electrons. The van der Waals surface area contributed by atoms with Gasteiger partial charge in [-0.05, 0) is 45.6 Å². The molecule has 0 aromatic heterocycles. The van der Waals surface area contributed by atoms with E-state index in [1.807, 2.05) is 45.1 Å². The molecule has 1 N–H and O–H groups in total. The Kier molecular flexibility index (Phi) is 11.1. The predicted molar refractivity (Wildman–Crippen MR) is 140 cm³/mol. The molecule has 9 nitrogen and oxygen atoms in total. The number of hydrogen-bond donors (Lipinski definition) is 1. The first-order chi connectivity index (χ1) is 18.0. The summed E-state index contributed by atoms with van der Waals surface area (Å²) in [4.78, 5) is 22.7. The van der Waals surface area contributed by atoms with E-state index in [9.17, 15) is 14.7 Å².